The first-order valence-corrected chi connectivity index (χ1v) is 5.27. The van der Waals surface area contributed by atoms with Gasteiger partial charge in [-0.15, -0.1) is 11.3 Å². The minimum absolute atomic E-state index is 0.0674. The lowest BCUT2D eigenvalue weighted by molar-refractivity contribution is -0.115. The molecule has 0 bridgehead atoms. The van der Waals surface area contributed by atoms with Crippen LogP contribution in [0.5, 0.6) is 0 Å². The fourth-order valence-electron chi connectivity index (χ4n) is 1.62. The predicted octanol–water partition coefficient (Wildman–Crippen LogP) is 2.62. The van der Waals surface area contributed by atoms with Crippen molar-refractivity contribution in [1.82, 2.24) is 0 Å². The van der Waals surface area contributed by atoms with Crippen molar-refractivity contribution >= 4 is 28.2 Å². The number of hydrogen-bond acceptors (Lipinski definition) is 2. The Balaban J connectivity index is 2.20. The summed E-state index contributed by atoms with van der Waals surface area (Å²) in [6.07, 6.45) is 2.80. The Bertz CT molecular complexity index is 305. The van der Waals surface area contributed by atoms with Crippen molar-refractivity contribution in [2.45, 2.75) is 19.3 Å². The van der Waals surface area contributed by atoms with E-state index in [0.29, 0.717) is 0 Å². The van der Waals surface area contributed by atoms with Crippen LogP contribution in [0.1, 0.15) is 16.9 Å². The van der Waals surface area contributed by atoms with Gasteiger partial charge in [0.05, 0.1) is 0 Å². The van der Waals surface area contributed by atoms with Crippen molar-refractivity contribution in [1.29, 1.82) is 0 Å². The van der Waals surface area contributed by atoms with Crippen molar-refractivity contribution in [3.05, 3.63) is 21.9 Å². The smallest absolute Gasteiger partial charge is 0.225 e. The fraction of sp³-hybridized carbons (Fsp3) is 0.444. The highest BCUT2D eigenvalue weighted by molar-refractivity contribution is 7.10. The highest BCUT2D eigenvalue weighted by Crippen LogP contribution is 2.30. The van der Waals surface area contributed by atoms with Gasteiger partial charge in [-0.1, -0.05) is 0 Å². The minimum Gasteiger partial charge on any atom is -0.281 e. The van der Waals surface area contributed by atoms with Gasteiger partial charge in [-0.05, 0) is 47.9 Å². The van der Waals surface area contributed by atoms with Gasteiger partial charge < -0.3 is 0 Å². The largest absolute Gasteiger partial charge is 0.281 e. The monoisotopic (exact) mass is 200 g/mol. The fourth-order valence-corrected chi connectivity index (χ4v) is 2.82. The molecule has 2 rings (SSSR count). The minimum atomic E-state index is -0.172. The normalized spacial score (nSPS) is 21.9. The first-order chi connectivity index (χ1) is 5.77. The van der Waals surface area contributed by atoms with E-state index in [-0.39, 0.29) is 11.2 Å². The summed E-state index contributed by atoms with van der Waals surface area (Å²) in [7, 11) is 0. The maximum Gasteiger partial charge on any atom is 0.225 e. The van der Waals surface area contributed by atoms with Crippen LogP contribution in [-0.4, -0.2) is 5.24 Å². The second-order valence-corrected chi connectivity index (χ2v) is 4.49. The molecule has 1 aliphatic carbocycles. The van der Waals surface area contributed by atoms with Crippen LogP contribution < -0.4 is 0 Å². The molecule has 1 nitrogen and oxygen atoms in total. The van der Waals surface area contributed by atoms with E-state index in [9.17, 15) is 4.79 Å². The zero-order valence-electron chi connectivity index (χ0n) is 6.55. The third-order valence-corrected chi connectivity index (χ3v) is 3.65. The van der Waals surface area contributed by atoms with Gasteiger partial charge in [-0.2, -0.15) is 0 Å². The molecule has 1 heterocycles. The van der Waals surface area contributed by atoms with E-state index in [1.807, 2.05) is 0 Å². The van der Waals surface area contributed by atoms with Crippen LogP contribution in [0.25, 0.3) is 0 Å². The summed E-state index contributed by atoms with van der Waals surface area (Å²) in [6, 6.07) is 2.15. The average molecular weight is 201 g/mol. The summed E-state index contributed by atoms with van der Waals surface area (Å²) in [5, 5.41) is 1.92. The zero-order valence-corrected chi connectivity index (χ0v) is 8.12. The van der Waals surface area contributed by atoms with Gasteiger partial charge in [-0.25, -0.2) is 0 Å². The van der Waals surface area contributed by atoms with Crippen molar-refractivity contribution in [2.24, 2.45) is 5.92 Å². The lowest BCUT2D eigenvalue weighted by Gasteiger charge is -2.17. The van der Waals surface area contributed by atoms with E-state index in [4.69, 9.17) is 11.6 Å². The molecule has 1 aliphatic rings. The quantitative estimate of drug-likeness (QED) is 0.637. The molecule has 0 amide bonds. The van der Waals surface area contributed by atoms with Crippen LogP contribution in [0.3, 0.4) is 0 Å². The maximum absolute atomic E-state index is 10.9. The van der Waals surface area contributed by atoms with Crippen molar-refractivity contribution in [3.8, 4) is 0 Å². The Morgan fingerprint density at radius 3 is 3.25 bits per heavy atom. The second kappa shape index (κ2) is 3.19. The number of thiophene rings is 1. The SMILES string of the molecule is O=C(Cl)C1CCc2ccsc2C1. The average Bonchev–Trinajstić information content (AvgIpc) is 2.49. The van der Waals surface area contributed by atoms with E-state index < -0.39 is 0 Å². The number of rotatable bonds is 1. The predicted molar refractivity (Wildman–Crippen MR) is 50.7 cm³/mol. The van der Waals surface area contributed by atoms with Gasteiger partial charge in [0.15, 0.2) is 0 Å². The molecule has 0 saturated carbocycles. The van der Waals surface area contributed by atoms with Crippen molar-refractivity contribution in [2.75, 3.05) is 0 Å². The maximum atomic E-state index is 10.9. The molecule has 0 fully saturated rings. The summed E-state index contributed by atoms with van der Waals surface area (Å²) in [5.41, 5.74) is 1.41. The summed E-state index contributed by atoms with van der Waals surface area (Å²) < 4.78 is 0. The van der Waals surface area contributed by atoms with E-state index in [1.165, 1.54) is 10.4 Å². The van der Waals surface area contributed by atoms with E-state index >= 15 is 0 Å². The summed E-state index contributed by atoms with van der Waals surface area (Å²) in [4.78, 5) is 12.2. The molecular formula is C9H9ClOS. The van der Waals surface area contributed by atoms with Crippen LogP contribution in [-0.2, 0) is 17.6 Å². The molecule has 1 aromatic rings. The standard InChI is InChI=1S/C9H9ClOS/c10-9(11)7-2-1-6-3-4-12-8(6)5-7/h3-4,7H,1-2,5H2. The molecule has 3 heteroatoms. The lowest BCUT2D eigenvalue weighted by Crippen LogP contribution is -2.17. The van der Waals surface area contributed by atoms with Crippen LogP contribution >= 0.6 is 22.9 Å². The molecule has 1 atom stereocenters. The Labute approximate surface area is 80.4 Å². The molecule has 0 saturated heterocycles. The molecule has 0 spiro atoms. The Morgan fingerprint density at radius 2 is 2.50 bits per heavy atom. The van der Waals surface area contributed by atoms with Gasteiger partial charge >= 0.3 is 0 Å². The number of carbonyl (C=O) groups excluding carboxylic acids is 1. The van der Waals surface area contributed by atoms with Crippen molar-refractivity contribution < 1.29 is 4.79 Å². The molecule has 0 aromatic carbocycles. The third kappa shape index (κ3) is 1.41. The van der Waals surface area contributed by atoms with Gasteiger partial charge in [0.1, 0.15) is 0 Å². The van der Waals surface area contributed by atoms with Gasteiger partial charge in [0, 0.05) is 10.8 Å². The molecule has 64 valence electrons. The van der Waals surface area contributed by atoms with Crippen LogP contribution in [0.4, 0.5) is 0 Å². The zero-order chi connectivity index (χ0) is 8.55. The number of fused-ring (bicyclic) bond motifs is 1. The lowest BCUT2D eigenvalue weighted by atomic mass is 9.90. The Kier molecular flexibility index (Phi) is 2.20. The van der Waals surface area contributed by atoms with Crippen LogP contribution in [0.2, 0.25) is 0 Å². The third-order valence-electron chi connectivity index (χ3n) is 2.35. The first-order valence-electron chi connectivity index (χ1n) is 4.02. The van der Waals surface area contributed by atoms with Gasteiger partial charge in [0.25, 0.3) is 0 Å². The molecule has 1 unspecified atom stereocenters. The summed E-state index contributed by atoms with van der Waals surface area (Å²) in [5.74, 6) is 0.0674. The van der Waals surface area contributed by atoms with E-state index in [0.717, 1.165) is 19.3 Å². The Morgan fingerprint density at radius 1 is 1.67 bits per heavy atom. The number of carbonyl (C=O) groups is 1. The number of halogens is 1. The van der Waals surface area contributed by atoms with Gasteiger partial charge in [0.2, 0.25) is 5.24 Å². The highest BCUT2D eigenvalue weighted by Gasteiger charge is 2.23. The van der Waals surface area contributed by atoms with Crippen molar-refractivity contribution in [3.63, 3.8) is 0 Å². The summed E-state index contributed by atoms with van der Waals surface area (Å²) >= 11 is 7.19. The molecule has 0 radical (unpaired) electrons. The molecular weight excluding hydrogens is 192 g/mol. The Hall–Kier alpha value is -0.340. The molecule has 1 aromatic heterocycles. The molecule has 0 aliphatic heterocycles. The second-order valence-electron chi connectivity index (χ2n) is 3.11. The number of hydrogen-bond donors (Lipinski definition) is 0. The summed E-state index contributed by atoms with van der Waals surface area (Å²) in [6.45, 7) is 0. The van der Waals surface area contributed by atoms with Crippen LogP contribution in [0.15, 0.2) is 11.4 Å². The number of aryl methyl sites for hydroxylation is 1. The highest BCUT2D eigenvalue weighted by atomic mass is 35.5. The van der Waals surface area contributed by atoms with Crippen LogP contribution in [0, 0.1) is 5.92 Å². The van der Waals surface area contributed by atoms with Gasteiger partial charge in [-0.3, -0.25) is 4.79 Å². The molecule has 0 N–H and O–H groups in total. The molecule has 12 heavy (non-hydrogen) atoms. The topological polar surface area (TPSA) is 17.1 Å². The van der Waals surface area contributed by atoms with E-state index in [2.05, 4.69) is 11.4 Å². The first kappa shape index (κ1) is 8.27. The van der Waals surface area contributed by atoms with E-state index in [1.54, 1.807) is 11.3 Å².